The van der Waals surface area contributed by atoms with Crippen LogP contribution in [-0.4, -0.2) is 24.6 Å². The lowest BCUT2D eigenvalue weighted by Gasteiger charge is -2.11. The average molecular weight is 282 g/mol. The Bertz CT molecular complexity index is 410. The Labute approximate surface area is 107 Å². The first-order chi connectivity index (χ1) is 8.42. The van der Waals surface area contributed by atoms with Gasteiger partial charge in [-0.05, 0) is 6.07 Å². The molecule has 0 saturated carbocycles. The number of rotatable bonds is 5. The number of hydrogen-bond acceptors (Lipinski definition) is 2. The SMILES string of the molecule is O=C(CCl)Nc1ccccc1COCC(F)(F)F. The van der Waals surface area contributed by atoms with Gasteiger partial charge in [0.15, 0.2) is 0 Å². The zero-order valence-electron chi connectivity index (χ0n) is 9.26. The number of hydrogen-bond donors (Lipinski definition) is 1. The number of carbonyl (C=O) groups is 1. The summed E-state index contributed by atoms with van der Waals surface area (Å²) in [5, 5.41) is 2.48. The molecule has 0 saturated heterocycles. The van der Waals surface area contributed by atoms with Crippen molar-refractivity contribution >= 4 is 23.2 Å². The van der Waals surface area contributed by atoms with Crippen LogP contribution in [0.15, 0.2) is 24.3 Å². The number of benzene rings is 1. The van der Waals surface area contributed by atoms with Crippen LogP contribution in [0.25, 0.3) is 0 Å². The Hall–Kier alpha value is -1.27. The molecule has 0 aliphatic carbocycles. The van der Waals surface area contributed by atoms with Crippen molar-refractivity contribution in [3.05, 3.63) is 29.8 Å². The molecule has 0 aromatic heterocycles. The first-order valence-corrected chi connectivity index (χ1v) is 5.54. The maximum atomic E-state index is 11.9. The lowest BCUT2D eigenvalue weighted by molar-refractivity contribution is -0.176. The molecule has 0 fully saturated rings. The predicted octanol–water partition coefficient (Wildman–Crippen LogP) is 2.94. The summed E-state index contributed by atoms with van der Waals surface area (Å²) in [7, 11) is 0. The lowest BCUT2D eigenvalue weighted by atomic mass is 10.2. The summed E-state index contributed by atoms with van der Waals surface area (Å²) < 4.78 is 40.3. The van der Waals surface area contributed by atoms with Crippen LogP contribution >= 0.6 is 11.6 Å². The molecular formula is C11H11ClF3NO2. The van der Waals surface area contributed by atoms with E-state index in [1.54, 1.807) is 24.3 Å². The summed E-state index contributed by atoms with van der Waals surface area (Å²) in [6, 6.07) is 6.43. The van der Waals surface area contributed by atoms with Crippen molar-refractivity contribution in [2.75, 3.05) is 17.8 Å². The van der Waals surface area contributed by atoms with Gasteiger partial charge in [-0.1, -0.05) is 18.2 Å². The van der Waals surface area contributed by atoms with Gasteiger partial charge in [-0.15, -0.1) is 11.6 Å². The quantitative estimate of drug-likeness (QED) is 0.843. The number of alkyl halides is 4. The standard InChI is InChI=1S/C11H11ClF3NO2/c12-5-10(17)16-9-4-2-1-3-8(9)6-18-7-11(13,14)15/h1-4H,5-7H2,(H,16,17). The van der Waals surface area contributed by atoms with E-state index in [-0.39, 0.29) is 12.5 Å². The van der Waals surface area contributed by atoms with Crippen molar-refractivity contribution in [2.45, 2.75) is 12.8 Å². The van der Waals surface area contributed by atoms with Crippen molar-refractivity contribution in [2.24, 2.45) is 0 Å². The van der Waals surface area contributed by atoms with Gasteiger partial charge in [-0.2, -0.15) is 13.2 Å². The van der Waals surface area contributed by atoms with E-state index in [4.69, 9.17) is 11.6 Å². The normalized spacial score (nSPS) is 11.3. The maximum absolute atomic E-state index is 11.9. The Morgan fingerprint density at radius 1 is 1.33 bits per heavy atom. The molecule has 1 N–H and O–H groups in total. The number of carbonyl (C=O) groups excluding carboxylic acids is 1. The molecular weight excluding hydrogens is 271 g/mol. The minimum atomic E-state index is -4.37. The molecule has 0 atom stereocenters. The molecule has 1 aromatic rings. The van der Waals surface area contributed by atoms with Gasteiger partial charge >= 0.3 is 6.18 Å². The van der Waals surface area contributed by atoms with Gasteiger partial charge < -0.3 is 10.1 Å². The topological polar surface area (TPSA) is 38.3 Å². The molecule has 0 aliphatic rings. The zero-order chi connectivity index (χ0) is 13.6. The van der Waals surface area contributed by atoms with E-state index in [0.717, 1.165) is 0 Å². The van der Waals surface area contributed by atoms with Gasteiger partial charge in [0.1, 0.15) is 12.5 Å². The second-order valence-corrected chi connectivity index (χ2v) is 3.71. The molecule has 0 spiro atoms. The molecule has 1 rings (SSSR count). The number of amides is 1. The molecule has 100 valence electrons. The van der Waals surface area contributed by atoms with Gasteiger partial charge in [0, 0.05) is 11.3 Å². The van der Waals surface area contributed by atoms with Crippen molar-refractivity contribution in [1.29, 1.82) is 0 Å². The Kier molecular flexibility index (Phi) is 5.43. The number of halogens is 4. The van der Waals surface area contributed by atoms with E-state index in [0.29, 0.717) is 11.3 Å². The lowest BCUT2D eigenvalue weighted by Crippen LogP contribution is -2.18. The molecule has 0 unspecified atom stereocenters. The Balaban J connectivity index is 2.62. The van der Waals surface area contributed by atoms with Crippen LogP contribution in [0.4, 0.5) is 18.9 Å². The van der Waals surface area contributed by atoms with Crippen molar-refractivity contribution < 1.29 is 22.7 Å². The third-order valence-corrected chi connectivity index (χ3v) is 2.18. The van der Waals surface area contributed by atoms with E-state index < -0.39 is 18.7 Å². The summed E-state index contributed by atoms with van der Waals surface area (Å²) in [6.45, 7) is -1.57. The minimum absolute atomic E-state index is 0.224. The van der Waals surface area contributed by atoms with Crippen LogP contribution in [0.3, 0.4) is 0 Å². The van der Waals surface area contributed by atoms with Gasteiger partial charge in [0.05, 0.1) is 6.61 Å². The van der Waals surface area contributed by atoms with Crippen LogP contribution in [0.2, 0.25) is 0 Å². The predicted molar refractivity (Wildman–Crippen MR) is 61.5 cm³/mol. The smallest absolute Gasteiger partial charge is 0.367 e. The highest BCUT2D eigenvalue weighted by atomic mass is 35.5. The van der Waals surface area contributed by atoms with E-state index in [2.05, 4.69) is 10.1 Å². The highest BCUT2D eigenvalue weighted by molar-refractivity contribution is 6.29. The highest BCUT2D eigenvalue weighted by Crippen LogP contribution is 2.19. The maximum Gasteiger partial charge on any atom is 0.411 e. The third kappa shape index (κ3) is 5.37. The fourth-order valence-corrected chi connectivity index (χ4v) is 1.30. The van der Waals surface area contributed by atoms with Crippen LogP contribution in [0, 0.1) is 0 Å². The number of para-hydroxylation sites is 1. The molecule has 0 aliphatic heterocycles. The molecule has 18 heavy (non-hydrogen) atoms. The first-order valence-electron chi connectivity index (χ1n) is 5.00. The number of ether oxygens (including phenoxy) is 1. The monoisotopic (exact) mass is 281 g/mol. The third-order valence-electron chi connectivity index (χ3n) is 1.94. The zero-order valence-corrected chi connectivity index (χ0v) is 10.0. The largest absolute Gasteiger partial charge is 0.411 e. The minimum Gasteiger partial charge on any atom is -0.367 e. The van der Waals surface area contributed by atoms with Crippen LogP contribution in [0.1, 0.15) is 5.56 Å². The molecule has 0 radical (unpaired) electrons. The average Bonchev–Trinajstić information content (AvgIpc) is 2.29. The summed E-state index contributed by atoms with van der Waals surface area (Å²) in [5.74, 6) is -0.655. The van der Waals surface area contributed by atoms with E-state index in [1.165, 1.54) is 0 Å². The second kappa shape index (κ2) is 6.61. The first kappa shape index (κ1) is 14.8. The van der Waals surface area contributed by atoms with Crippen LogP contribution < -0.4 is 5.32 Å². The van der Waals surface area contributed by atoms with E-state index in [9.17, 15) is 18.0 Å². The van der Waals surface area contributed by atoms with Crippen molar-refractivity contribution in [3.63, 3.8) is 0 Å². The Morgan fingerprint density at radius 3 is 2.61 bits per heavy atom. The van der Waals surface area contributed by atoms with Gasteiger partial charge in [0.2, 0.25) is 5.91 Å². The van der Waals surface area contributed by atoms with Crippen LogP contribution in [-0.2, 0) is 16.1 Å². The molecule has 1 amide bonds. The molecule has 0 heterocycles. The summed E-state index contributed by atoms with van der Waals surface area (Å²) in [5.41, 5.74) is 0.852. The molecule has 1 aromatic carbocycles. The van der Waals surface area contributed by atoms with Crippen molar-refractivity contribution in [1.82, 2.24) is 0 Å². The summed E-state index contributed by atoms with van der Waals surface area (Å²) in [6.07, 6.45) is -4.37. The van der Waals surface area contributed by atoms with Gasteiger partial charge in [-0.3, -0.25) is 4.79 Å². The molecule has 7 heteroatoms. The molecule has 0 bridgehead atoms. The van der Waals surface area contributed by atoms with Gasteiger partial charge in [-0.25, -0.2) is 0 Å². The molecule has 3 nitrogen and oxygen atoms in total. The Morgan fingerprint density at radius 2 is 2.00 bits per heavy atom. The number of anilines is 1. The van der Waals surface area contributed by atoms with Crippen LogP contribution in [0.5, 0.6) is 0 Å². The van der Waals surface area contributed by atoms with E-state index >= 15 is 0 Å². The van der Waals surface area contributed by atoms with Crippen molar-refractivity contribution in [3.8, 4) is 0 Å². The summed E-state index contributed by atoms with van der Waals surface area (Å²) >= 11 is 5.33. The highest BCUT2D eigenvalue weighted by Gasteiger charge is 2.27. The fraction of sp³-hybridized carbons (Fsp3) is 0.364. The second-order valence-electron chi connectivity index (χ2n) is 3.45. The fourth-order valence-electron chi connectivity index (χ4n) is 1.23. The number of nitrogens with one attached hydrogen (secondary N) is 1. The summed E-state index contributed by atoms with van der Waals surface area (Å²) in [4.78, 5) is 11.1. The van der Waals surface area contributed by atoms with E-state index in [1.807, 2.05) is 0 Å². The van der Waals surface area contributed by atoms with Gasteiger partial charge in [0.25, 0.3) is 0 Å².